The van der Waals surface area contributed by atoms with Crippen LogP contribution in [-0.4, -0.2) is 24.3 Å². The molecule has 0 aromatic heterocycles. The number of aromatic hydroxyl groups is 1. The van der Waals surface area contributed by atoms with Crippen LogP contribution in [0.2, 0.25) is 0 Å². The van der Waals surface area contributed by atoms with Gasteiger partial charge in [0.25, 0.3) is 0 Å². The molecule has 2 unspecified atom stereocenters. The van der Waals surface area contributed by atoms with E-state index in [-0.39, 0.29) is 6.10 Å². The maximum absolute atomic E-state index is 9.21. The minimum atomic E-state index is 0.107. The van der Waals surface area contributed by atoms with E-state index in [4.69, 9.17) is 4.74 Å². The first kappa shape index (κ1) is 11.4. The summed E-state index contributed by atoms with van der Waals surface area (Å²) in [5, 5.41) is 12.7. The van der Waals surface area contributed by atoms with E-state index in [0.29, 0.717) is 17.7 Å². The summed E-state index contributed by atoms with van der Waals surface area (Å²) in [6.45, 7) is 5.99. The van der Waals surface area contributed by atoms with Crippen molar-refractivity contribution < 1.29 is 9.84 Å². The quantitative estimate of drug-likeness (QED) is 0.803. The van der Waals surface area contributed by atoms with Crippen molar-refractivity contribution in [3.05, 3.63) is 29.8 Å². The first-order chi connectivity index (χ1) is 7.66. The molecule has 2 rings (SSSR count). The summed E-state index contributed by atoms with van der Waals surface area (Å²) >= 11 is 0. The molecule has 0 radical (unpaired) electrons. The van der Waals surface area contributed by atoms with Crippen molar-refractivity contribution in [1.82, 2.24) is 5.32 Å². The Balaban J connectivity index is 1.96. The molecule has 1 fully saturated rings. The summed E-state index contributed by atoms with van der Waals surface area (Å²) in [5.41, 5.74) is 1.12. The molecule has 0 amide bonds. The van der Waals surface area contributed by atoms with Gasteiger partial charge in [-0.1, -0.05) is 26.0 Å². The predicted molar refractivity (Wildman–Crippen MR) is 63.4 cm³/mol. The molecule has 3 nitrogen and oxygen atoms in total. The van der Waals surface area contributed by atoms with E-state index in [1.165, 1.54) is 0 Å². The Morgan fingerprint density at radius 1 is 1.31 bits per heavy atom. The van der Waals surface area contributed by atoms with E-state index < -0.39 is 0 Å². The van der Waals surface area contributed by atoms with Crippen LogP contribution in [0.15, 0.2) is 24.3 Å². The second-order valence-corrected chi connectivity index (χ2v) is 4.67. The maximum atomic E-state index is 9.21. The van der Waals surface area contributed by atoms with Gasteiger partial charge in [-0.2, -0.15) is 0 Å². The second-order valence-electron chi connectivity index (χ2n) is 4.67. The van der Waals surface area contributed by atoms with Gasteiger partial charge in [-0.25, -0.2) is 0 Å². The zero-order chi connectivity index (χ0) is 11.5. The first-order valence-corrected chi connectivity index (χ1v) is 5.80. The van der Waals surface area contributed by atoms with Gasteiger partial charge in [-0.15, -0.1) is 0 Å². The first-order valence-electron chi connectivity index (χ1n) is 5.80. The van der Waals surface area contributed by atoms with Crippen molar-refractivity contribution in [3.63, 3.8) is 0 Å². The normalized spacial score (nSPS) is 25.9. The van der Waals surface area contributed by atoms with Crippen LogP contribution in [-0.2, 0) is 4.74 Å². The fourth-order valence-corrected chi connectivity index (χ4v) is 1.93. The molecule has 1 aromatic carbocycles. The Morgan fingerprint density at radius 3 is 2.50 bits per heavy atom. The number of benzene rings is 1. The van der Waals surface area contributed by atoms with Crippen molar-refractivity contribution in [2.45, 2.75) is 26.0 Å². The van der Waals surface area contributed by atoms with E-state index in [9.17, 15) is 5.11 Å². The number of rotatable bonds is 2. The highest BCUT2D eigenvalue weighted by Crippen LogP contribution is 2.23. The maximum Gasteiger partial charge on any atom is 0.115 e. The standard InChI is InChI=1S/C13H19NO2/c1-9(2)12-8-16-13(7-14-12)10-3-5-11(15)6-4-10/h3-6,9,12-15H,7-8H2,1-2H3. The topological polar surface area (TPSA) is 41.5 Å². The summed E-state index contributed by atoms with van der Waals surface area (Å²) < 4.78 is 5.83. The van der Waals surface area contributed by atoms with E-state index in [0.717, 1.165) is 18.7 Å². The molecule has 16 heavy (non-hydrogen) atoms. The predicted octanol–water partition coefficient (Wildman–Crippen LogP) is 2.08. The lowest BCUT2D eigenvalue weighted by Gasteiger charge is -2.32. The van der Waals surface area contributed by atoms with E-state index in [1.807, 2.05) is 12.1 Å². The van der Waals surface area contributed by atoms with Crippen LogP contribution in [0.1, 0.15) is 25.5 Å². The lowest BCUT2D eigenvalue weighted by atomic mass is 10.0. The Hall–Kier alpha value is -1.06. The molecule has 1 aliphatic heterocycles. The van der Waals surface area contributed by atoms with Gasteiger partial charge >= 0.3 is 0 Å². The molecule has 0 aliphatic carbocycles. The van der Waals surface area contributed by atoms with E-state index in [2.05, 4.69) is 19.2 Å². The summed E-state index contributed by atoms with van der Waals surface area (Å²) in [6.07, 6.45) is 0.107. The highest BCUT2D eigenvalue weighted by Gasteiger charge is 2.23. The zero-order valence-electron chi connectivity index (χ0n) is 9.81. The number of hydrogen-bond acceptors (Lipinski definition) is 3. The van der Waals surface area contributed by atoms with Crippen molar-refractivity contribution in [1.29, 1.82) is 0 Å². The van der Waals surface area contributed by atoms with Crippen LogP contribution in [0.4, 0.5) is 0 Å². The van der Waals surface area contributed by atoms with E-state index >= 15 is 0 Å². The molecule has 2 atom stereocenters. The third-order valence-electron chi connectivity index (χ3n) is 3.11. The average Bonchev–Trinajstić information content (AvgIpc) is 2.30. The lowest BCUT2D eigenvalue weighted by molar-refractivity contribution is -0.00712. The molecule has 88 valence electrons. The van der Waals surface area contributed by atoms with Crippen molar-refractivity contribution >= 4 is 0 Å². The van der Waals surface area contributed by atoms with Gasteiger partial charge in [-0.3, -0.25) is 0 Å². The monoisotopic (exact) mass is 221 g/mol. The van der Waals surface area contributed by atoms with Crippen molar-refractivity contribution in [3.8, 4) is 5.75 Å². The van der Waals surface area contributed by atoms with Crippen LogP contribution in [0.3, 0.4) is 0 Å². The summed E-state index contributed by atoms with van der Waals surface area (Å²) in [6, 6.07) is 7.68. The summed E-state index contributed by atoms with van der Waals surface area (Å²) in [7, 11) is 0. The van der Waals surface area contributed by atoms with Crippen LogP contribution in [0, 0.1) is 5.92 Å². The minimum absolute atomic E-state index is 0.107. The fourth-order valence-electron chi connectivity index (χ4n) is 1.93. The van der Waals surface area contributed by atoms with Crippen LogP contribution >= 0.6 is 0 Å². The van der Waals surface area contributed by atoms with Gasteiger partial charge in [0.1, 0.15) is 5.75 Å². The highest BCUT2D eigenvalue weighted by molar-refractivity contribution is 5.27. The highest BCUT2D eigenvalue weighted by atomic mass is 16.5. The van der Waals surface area contributed by atoms with Gasteiger partial charge in [0.2, 0.25) is 0 Å². The Kier molecular flexibility index (Phi) is 3.46. The number of morpholine rings is 1. The van der Waals surface area contributed by atoms with Crippen LogP contribution in [0.5, 0.6) is 5.75 Å². The SMILES string of the molecule is CC(C)C1COC(c2ccc(O)cc2)CN1. The van der Waals surface area contributed by atoms with Crippen molar-refractivity contribution in [2.24, 2.45) is 5.92 Å². The largest absolute Gasteiger partial charge is 0.508 e. The van der Waals surface area contributed by atoms with Gasteiger partial charge in [0, 0.05) is 12.6 Å². The van der Waals surface area contributed by atoms with Gasteiger partial charge in [-0.05, 0) is 23.6 Å². The average molecular weight is 221 g/mol. The molecule has 1 aliphatic rings. The Bertz CT molecular complexity index is 326. The molecular formula is C13H19NO2. The zero-order valence-corrected chi connectivity index (χ0v) is 9.81. The molecule has 3 heteroatoms. The number of ether oxygens (including phenoxy) is 1. The van der Waals surface area contributed by atoms with E-state index in [1.54, 1.807) is 12.1 Å². The molecule has 0 saturated carbocycles. The molecule has 0 spiro atoms. The van der Waals surface area contributed by atoms with Gasteiger partial charge in [0.15, 0.2) is 0 Å². The summed E-state index contributed by atoms with van der Waals surface area (Å²) in [4.78, 5) is 0. The molecule has 1 heterocycles. The third kappa shape index (κ3) is 2.54. The molecule has 0 bridgehead atoms. The van der Waals surface area contributed by atoms with Gasteiger partial charge < -0.3 is 15.2 Å². The van der Waals surface area contributed by atoms with Gasteiger partial charge in [0.05, 0.1) is 12.7 Å². The smallest absolute Gasteiger partial charge is 0.115 e. The van der Waals surface area contributed by atoms with Crippen LogP contribution < -0.4 is 5.32 Å². The summed E-state index contributed by atoms with van der Waals surface area (Å²) in [5.74, 6) is 0.897. The third-order valence-corrected chi connectivity index (χ3v) is 3.11. The van der Waals surface area contributed by atoms with Crippen molar-refractivity contribution in [2.75, 3.05) is 13.2 Å². The Morgan fingerprint density at radius 2 is 2.00 bits per heavy atom. The fraction of sp³-hybridized carbons (Fsp3) is 0.538. The molecular weight excluding hydrogens is 202 g/mol. The number of hydrogen-bond donors (Lipinski definition) is 2. The molecule has 1 aromatic rings. The number of phenolic OH excluding ortho intramolecular Hbond substituents is 1. The lowest BCUT2D eigenvalue weighted by Crippen LogP contribution is -2.45. The molecule has 1 saturated heterocycles. The van der Waals surface area contributed by atoms with Crippen LogP contribution in [0.25, 0.3) is 0 Å². The second kappa shape index (κ2) is 4.85. The Labute approximate surface area is 96.4 Å². The number of nitrogens with one attached hydrogen (secondary N) is 1. The minimum Gasteiger partial charge on any atom is -0.508 e. The number of phenols is 1. The molecule has 2 N–H and O–H groups in total.